The van der Waals surface area contributed by atoms with E-state index in [1.807, 2.05) is 13.8 Å². The number of ether oxygens (including phenoxy) is 2. The fourth-order valence-corrected chi connectivity index (χ4v) is 0.774. The van der Waals surface area contributed by atoms with Gasteiger partial charge < -0.3 is 20.3 Å². The molecule has 2 atom stereocenters. The minimum Gasteiger partial charge on any atom is -0.394 e. The van der Waals surface area contributed by atoms with Crippen molar-refractivity contribution in [3.8, 4) is 0 Å². The van der Waals surface area contributed by atoms with Crippen LogP contribution in [0.15, 0.2) is 0 Å². The second kappa shape index (κ2) is 7.49. The van der Waals surface area contributed by atoms with Crippen LogP contribution in [0, 0.1) is 0 Å². The van der Waals surface area contributed by atoms with Gasteiger partial charge in [-0.05, 0) is 13.8 Å². The molecule has 0 radical (unpaired) electrons. The van der Waals surface area contributed by atoms with Gasteiger partial charge in [-0.1, -0.05) is 0 Å². The zero-order valence-corrected chi connectivity index (χ0v) is 7.82. The van der Waals surface area contributed by atoms with E-state index >= 15 is 0 Å². The standard InChI is InChI=1S/C8H19NO3/c1-3-11-4-5-12-8(6-10)7(2)9/h7-8,10H,3-6,9H2,1-2H3. The molecular formula is C8H19NO3. The van der Waals surface area contributed by atoms with Crippen molar-refractivity contribution in [1.82, 2.24) is 0 Å². The third-order valence-corrected chi connectivity index (χ3v) is 1.53. The first kappa shape index (κ1) is 11.8. The Hall–Kier alpha value is -0.160. The molecule has 12 heavy (non-hydrogen) atoms. The average molecular weight is 177 g/mol. The van der Waals surface area contributed by atoms with Gasteiger partial charge in [0.2, 0.25) is 0 Å². The summed E-state index contributed by atoms with van der Waals surface area (Å²) < 4.78 is 10.3. The molecule has 0 bridgehead atoms. The van der Waals surface area contributed by atoms with Crippen molar-refractivity contribution < 1.29 is 14.6 Å². The Morgan fingerprint density at radius 2 is 2.08 bits per heavy atom. The predicted octanol–water partition coefficient (Wildman–Crippen LogP) is -0.252. The van der Waals surface area contributed by atoms with Gasteiger partial charge in [0.1, 0.15) is 0 Å². The van der Waals surface area contributed by atoms with E-state index in [1.165, 1.54) is 0 Å². The first-order valence-corrected chi connectivity index (χ1v) is 4.28. The summed E-state index contributed by atoms with van der Waals surface area (Å²) in [6.07, 6.45) is -0.273. The maximum absolute atomic E-state index is 8.81. The normalized spacial score (nSPS) is 16.0. The van der Waals surface area contributed by atoms with Gasteiger partial charge in [-0.2, -0.15) is 0 Å². The topological polar surface area (TPSA) is 64.7 Å². The van der Waals surface area contributed by atoms with E-state index in [9.17, 15) is 0 Å². The molecular weight excluding hydrogens is 158 g/mol. The zero-order chi connectivity index (χ0) is 9.40. The highest BCUT2D eigenvalue weighted by Crippen LogP contribution is 1.95. The summed E-state index contributed by atoms with van der Waals surface area (Å²) >= 11 is 0. The average Bonchev–Trinajstić information content (AvgIpc) is 2.04. The molecule has 0 heterocycles. The van der Waals surface area contributed by atoms with E-state index in [1.54, 1.807) is 0 Å². The van der Waals surface area contributed by atoms with Crippen LogP contribution < -0.4 is 5.73 Å². The van der Waals surface area contributed by atoms with Crippen molar-refractivity contribution in [2.75, 3.05) is 26.4 Å². The molecule has 2 unspecified atom stereocenters. The fraction of sp³-hybridized carbons (Fsp3) is 1.00. The van der Waals surface area contributed by atoms with Gasteiger partial charge in [-0.15, -0.1) is 0 Å². The lowest BCUT2D eigenvalue weighted by molar-refractivity contribution is -0.0259. The van der Waals surface area contributed by atoms with E-state index in [0.717, 1.165) is 0 Å². The van der Waals surface area contributed by atoms with E-state index in [4.69, 9.17) is 20.3 Å². The monoisotopic (exact) mass is 177 g/mol. The Balaban J connectivity index is 3.32. The number of hydrogen-bond acceptors (Lipinski definition) is 4. The molecule has 0 aliphatic heterocycles. The Morgan fingerprint density at radius 1 is 1.42 bits per heavy atom. The molecule has 0 aliphatic carbocycles. The largest absolute Gasteiger partial charge is 0.394 e. The second-order valence-corrected chi connectivity index (χ2v) is 2.65. The molecule has 4 heteroatoms. The van der Waals surface area contributed by atoms with Crippen molar-refractivity contribution in [2.24, 2.45) is 5.73 Å². The summed E-state index contributed by atoms with van der Waals surface area (Å²) in [7, 11) is 0. The Kier molecular flexibility index (Phi) is 7.39. The van der Waals surface area contributed by atoms with Crippen molar-refractivity contribution >= 4 is 0 Å². The Morgan fingerprint density at radius 3 is 2.50 bits per heavy atom. The summed E-state index contributed by atoms with van der Waals surface area (Å²) in [6.45, 7) is 5.42. The van der Waals surface area contributed by atoms with E-state index in [-0.39, 0.29) is 18.8 Å². The van der Waals surface area contributed by atoms with Crippen LogP contribution in [0.25, 0.3) is 0 Å². The quantitative estimate of drug-likeness (QED) is 0.526. The van der Waals surface area contributed by atoms with Crippen molar-refractivity contribution in [2.45, 2.75) is 26.0 Å². The molecule has 0 fully saturated rings. The number of nitrogens with two attached hydrogens (primary N) is 1. The Bertz CT molecular complexity index is 98.3. The Labute approximate surface area is 73.7 Å². The third-order valence-electron chi connectivity index (χ3n) is 1.53. The lowest BCUT2D eigenvalue weighted by atomic mass is 10.2. The number of aliphatic hydroxyl groups is 1. The second-order valence-electron chi connectivity index (χ2n) is 2.65. The van der Waals surface area contributed by atoms with Crippen LogP contribution >= 0.6 is 0 Å². The van der Waals surface area contributed by atoms with Gasteiger partial charge >= 0.3 is 0 Å². The minimum absolute atomic E-state index is 0.0379. The van der Waals surface area contributed by atoms with Gasteiger partial charge in [-0.25, -0.2) is 0 Å². The summed E-state index contributed by atoms with van der Waals surface area (Å²) in [5.74, 6) is 0. The molecule has 0 aromatic carbocycles. The van der Waals surface area contributed by atoms with E-state index in [0.29, 0.717) is 19.8 Å². The molecule has 74 valence electrons. The molecule has 0 aromatic heterocycles. The molecule has 3 N–H and O–H groups in total. The van der Waals surface area contributed by atoms with Crippen molar-refractivity contribution in [3.63, 3.8) is 0 Å². The third kappa shape index (κ3) is 5.49. The molecule has 0 saturated heterocycles. The summed E-state index contributed by atoms with van der Waals surface area (Å²) in [5.41, 5.74) is 5.54. The van der Waals surface area contributed by atoms with E-state index in [2.05, 4.69) is 0 Å². The highest BCUT2D eigenvalue weighted by Gasteiger charge is 2.11. The molecule has 0 aromatic rings. The van der Waals surface area contributed by atoms with Crippen LogP contribution in [0.4, 0.5) is 0 Å². The first-order valence-electron chi connectivity index (χ1n) is 4.28. The number of aliphatic hydroxyl groups excluding tert-OH is 1. The molecule has 0 aliphatic rings. The lowest BCUT2D eigenvalue weighted by Gasteiger charge is -2.18. The molecule has 4 nitrogen and oxygen atoms in total. The van der Waals surface area contributed by atoms with Crippen LogP contribution in [0.5, 0.6) is 0 Å². The number of rotatable bonds is 7. The van der Waals surface area contributed by atoms with Crippen LogP contribution in [-0.4, -0.2) is 43.7 Å². The zero-order valence-electron chi connectivity index (χ0n) is 7.82. The molecule has 0 amide bonds. The van der Waals surface area contributed by atoms with Gasteiger partial charge in [0.15, 0.2) is 0 Å². The smallest absolute Gasteiger partial charge is 0.0954 e. The molecule has 0 spiro atoms. The van der Waals surface area contributed by atoms with Crippen molar-refractivity contribution in [3.05, 3.63) is 0 Å². The van der Waals surface area contributed by atoms with Crippen LogP contribution in [-0.2, 0) is 9.47 Å². The highest BCUT2D eigenvalue weighted by molar-refractivity contribution is 4.66. The number of hydrogen-bond donors (Lipinski definition) is 2. The van der Waals surface area contributed by atoms with Crippen LogP contribution in [0.2, 0.25) is 0 Å². The van der Waals surface area contributed by atoms with Gasteiger partial charge in [-0.3, -0.25) is 0 Å². The fourth-order valence-electron chi connectivity index (χ4n) is 0.774. The minimum atomic E-state index is -0.273. The first-order chi connectivity index (χ1) is 5.72. The molecule has 0 saturated carbocycles. The van der Waals surface area contributed by atoms with E-state index < -0.39 is 0 Å². The van der Waals surface area contributed by atoms with Gasteiger partial charge in [0.25, 0.3) is 0 Å². The summed E-state index contributed by atoms with van der Waals surface area (Å²) in [5, 5.41) is 8.81. The van der Waals surface area contributed by atoms with Crippen LogP contribution in [0.1, 0.15) is 13.8 Å². The molecule has 0 rings (SSSR count). The maximum atomic E-state index is 8.81. The van der Waals surface area contributed by atoms with Crippen molar-refractivity contribution in [1.29, 1.82) is 0 Å². The lowest BCUT2D eigenvalue weighted by Crippen LogP contribution is -2.37. The summed E-state index contributed by atoms with van der Waals surface area (Å²) in [6, 6.07) is -0.142. The predicted molar refractivity (Wildman–Crippen MR) is 47.0 cm³/mol. The SMILES string of the molecule is CCOCCOC(CO)C(C)N. The highest BCUT2D eigenvalue weighted by atomic mass is 16.5. The van der Waals surface area contributed by atoms with Crippen LogP contribution in [0.3, 0.4) is 0 Å². The summed E-state index contributed by atoms with van der Waals surface area (Å²) in [4.78, 5) is 0. The van der Waals surface area contributed by atoms with Gasteiger partial charge in [0.05, 0.1) is 25.9 Å². The van der Waals surface area contributed by atoms with Gasteiger partial charge in [0, 0.05) is 12.6 Å². The maximum Gasteiger partial charge on any atom is 0.0954 e.